The lowest BCUT2D eigenvalue weighted by molar-refractivity contribution is -0.253. The summed E-state index contributed by atoms with van der Waals surface area (Å²) >= 11 is 0. The molecule has 2 atom stereocenters. The van der Waals surface area contributed by atoms with Crippen LogP contribution in [0.2, 0.25) is 0 Å². The number of carbonyl (C=O) groups is 1. The first-order valence-electron chi connectivity index (χ1n) is 8.10. The minimum atomic E-state index is -4.58. The van der Waals surface area contributed by atoms with E-state index in [0.29, 0.717) is 24.9 Å². The molecule has 0 saturated carbocycles. The van der Waals surface area contributed by atoms with Crippen molar-refractivity contribution in [3.8, 4) is 5.75 Å². The maximum atomic E-state index is 13.0. The smallest absolute Gasteiger partial charge is 0.428 e. The van der Waals surface area contributed by atoms with Crippen LogP contribution in [-0.2, 0) is 0 Å². The first-order chi connectivity index (χ1) is 11.3. The number of hydrogen-bond acceptors (Lipinski definition) is 3. The Kier molecular flexibility index (Phi) is 4.80. The molecule has 3 nitrogen and oxygen atoms in total. The van der Waals surface area contributed by atoms with Crippen molar-refractivity contribution >= 4 is 5.78 Å². The monoisotopic (exact) mass is 345 g/mol. The molecule has 0 aromatic heterocycles. The third-order valence-electron chi connectivity index (χ3n) is 4.71. The van der Waals surface area contributed by atoms with Crippen LogP contribution in [-0.4, -0.2) is 30.4 Å². The fraction of sp³-hybridized carbons (Fsp3) is 0.588. The maximum Gasteiger partial charge on any atom is 0.461 e. The number of ether oxygens (including phenoxy) is 1. The lowest BCUT2D eigenvalue weighted by atomic mass is 9.77. The van der Waals surface area contributed by atoms with Crippen molar-refractivity contribution in [2.24, 2.45) is 5.92 Å². The summed E-state index contributed by atoms with van der Waals surface area (Å²) in [6, 6.07) is 5.77. The minimum Gasteiger partial charge on any atom is -0.428 e. The number of alkyl halides is 4. The standard InChI is InChI=1S/C17H19F4NO2/c18-16(19)17(20,21)24-14-6-1-3-10(9-14)15(23)11-7-12-4-2-5-13(8-11)22-12/h1,3,6,9,11-13,16,22H,2,4-5,7-8H2. The van der Waals surface area contributed by atoms with Gasteiger partial charge in [-0.3, -0.25) is 4.79 Å². The molecule has 2 aliphatic heterocycles. The molecule has 1 N–H and O–H groups in total. The molecule has 24 heavy (non-hydrogen) atoms. The highest BCUT2D eigenvalue weighted by atomic mass is 19.3. The van der Waals surface area contributed by atoms with Crippen LogP contribution in [0.1, 0.15) is 42.5 Å². The first kappa shape index (κ1) is 17.2. The Hall–Kier alpha value is -1.63. The van der Waals surface area contributed by atoms with Gasteiger partial charge in [-0.25, -0.2) is 0 Å². The summed E-state index contributed by atoms with van der Waals surface area (Å²) in [6.45, 7) is 0. The number of Topliss-reactive ketones (excluding diaryl/α,β-unsaturated/α-hetero) is 1. The molecular formula is C17H19F4NO2. The number of nitrogens with one attached hydrogen (secondary N) is 1. The summed E-state index contributed by atoms with van der Waals surface area (Å²) in [5.74, 6) is -0.744. The van der Waals surface area contributed by atoms with Crippen LogP contribution in [0.25, 0.3) is 0 Å². The van der Waals surface area contributed by atoms with E-state index < -0.39 is 18.3 Å². The Labute approximate surface area is 137 Å². The van der Waals surface area contributed by atoms with Gasteiger partial charge in [0.1, 0.15) is 5.75 Å². The predicted octanol–water partition coefficient (Wildman–Crippen LogP) is 4.03. The zero-order chi connectivity index (χ0) is 17.3. The number of halogens is 4. The molecule has 7 heteroatoms. The lowest BCUT2D eigenvalue weighted by Crippen LogP contribution is -2.50. The minimum absolute atomic E-state index is 0.140. The molecule has 132 valence electrons. The molecule has 0 radical (unpaired) electrons. The van der Waals surface area contributed by atoms with E-state index in [9.17, 15) is 22.4 Å². The average molecular weight is 345 g/mol. The molecule has 1 aromatic carbocycles. The molecule has 0 aliphatic carbocycles. The van der Waals surface area contributed by atoms with Crippen molar-refractivity contribution in [3.05, 3.63) is 29.8 Å². The average Bonchev–Trinajstić information content (AvgIpc) is 2.53. The van der Waals surface area contributed by atoms with Crippen LogP contribution in [0, 0.1) is 5.92 Å². The molecule has 2 bridgehead atoms. The van der Waals surface area contributed by atoms with Crippen LogP contribution >= 0.6 is 0 Å². The fourth-order valence-corrected chi connectivity index (χ4v) is 3.63. The SMILES string of the molecule is O=C(c1cccc(OC(F)(F)C(F)F)c1)C1CC2CCCC(C1)N2. The largest absolute Gasteiger partial charge is 0.461 e. The van der Waals surface area contributed by atoms with Gasteiger partial charge in [0.05, 0.1) is 0 Å². The molecular weight excluding hydrogens is 326 g/mol. The van der Waals surface area contributed by atoms with Crippen molar-refractivity contribution in [3.63, 3.8) is 0 Å². The van der Waals surface area contributed by atoms with Gasteiger partial charge in [-0.2, -0.15) is 17.6 Å². The summed E-state index contributed by atoms with van der Waals surface area (Å²) in [5, 5.41) is 3.48. The van der Waals surface area contributed by atoms with Crippen LogP contribution in [0.4, 0.5) is 17.6 Å². The van der Waals surface area contributed by atoms with Gasteiger partial charge in [0, 0.05) is 23.6 Å². The highest BCUT2D eigenvalue weighted by molar-refractivity contribution is 5.98. The summed E-state index contributed by atoms with van der Waals surface area (Å²) in [5.41, 5.74) is 0.225. The van der Waals surface area contributed by atoms with Crippen LogP contribution < -0.4 is 10.1 Å². The van der Waals surface area contributed by atoms with E-state index in [2.05, 4.69) is 10.1 Å². The van der Waals surface area contributed by atoms with Crippen molar-refractivity contribution < 1.29 is 27.1 Å². The van der Waals surface area contributed by atoms with Gasteiger partial charge in [0.2, 0.25) is 0 Å². The molecule has 0 amide bonds. The Morgan fingerprint density at radius 3 is 2.50 bits per heavy atom. The number of fused-ring (bicyclic) bond motifs is 2. The molecule has 3 rings (SSSR count). The third-order valence-corrected chi connectivity index (χ3v) is 4.71. The van der Waals surface area contributed by atoms with Gasteiger partial charge in [0.15, 0.2) is 5.78 Å². The lowest BCUT2D eigenvalue weighted by Gasteiger charge is -2.39. The number of piperidine rings is 2. The van der Waals surface area contributed by atoms with E-state index in [1.807, 2.05) is 0 Å². The van der Waals surface area contributed by atoms with Gasteiger partial charge < -0.3 is 10.1 Å². The molecule has 2 heterocycles. The van der Waals surface area contributed by atoms with E-state index in [1.165, 1.54) is 12.1 Å². The van der Waals surface area contributed by atoms with E-state index >= 15 is 0 Å². The quantitative estimate of drug-likeness (QED) is 0.647. The van der Waals surface area contributed by atoms with Gasteiger partial charge in [-0.1, -0.05) is 18.6 Å². The Morgan fingerprint density at radius 2 is 1.88 bits per heavy atom. The van der Waals surface area contributed by atoms with Crippen LogP contribution in [0.15, 0.2) is 24.3 Å². The van der Waals surface area contributed by atoms with E-state index in [0.717, 1.165) is 31.4 Å². The van der Waals surface area contributed by atoms with Crippen LogP contribution in [0.5, 0.6) is 5.75 Å². The van der Waals surface area contributed by atoms with Crippen molar-refractivity contribution in [1.29, 1.82) is 0 Å². The number of ketones is 1. The molecule has 1 aromatic rings. The Morgan fingerprint density at radius 1 is 1.21 bits per heavy atom. The Bertz CT molecular complexity index is 596. The van der Waals surface area contributed by atoms with Crippen LogP contribution in [0.3, 0.4) is 0 Å². The van der Waals surface area contributed by atoms with Crippen molar-refractivity contribution in [2.75, 3.05) is 0 Å². The molecule has 0 spiro atoms. The maximum absolute atomic E-state index is 13.0. The second-order valence-corrected chi connectivity index (χ2v) is 6.52. The second-order valence-electron chi connectivity index (χ2n) is 6.52. The van der Waals surface area contributed by atoms with E-state index in [4.69, 9.17) is 0 Å². The van der Waals surface area contributed by atoms with E-state index in [-0.39, 0.29) is 17.3 Å². The molecule has 2 aliphatic rings. The summed E-state index contributed by atoms with van der Waals surface area (Å²) in [4.78, 5) is 12.7. The molecule has 2 fully saturated rings. The summed E-state index contributed by atoms with van der Waals surface area (Å²) < 4.78 is 54.5. The topological polar surface area (TPSA) is 38.3 Å². The molecule has 2 unspecified atom stereocenters. The Balaban J connectivity index is 1.72. The van der Waals surface area contributed by atoms with Gasteiger partial charge in [-0.05, 0) is 37.8 Å². The van der Waals surface area contributed by atoms with Crippen molar-refractivity contribution in [1.82, 2.24) is 5.32 Å². The third kappa shape index (κ3) is 3.71. The predicted molar refractivity (Wildman–Crippen MR) is 79.6 cm³/mol. The zero-order valence-corrected chi connectivity index (χ0v) is 13.0. The van der Waals surface area contributed by atoms with Gasteiger partial charge >= 0.3 is 12.5 Å². The number of rotatable bonds is 5. The summed E-state index contributed by atoms with van der Waals surface area (Å²) in [7, 11) is 0. The summed E-state index contributed by atoms with van der Waals surface area (Å²) in [6.07, 6.45) is -3.86. The normalized spacial score (nSPS) is 27.1. The highest BCUT2D eigenvalue weighted by Crippen LogP contribution is 2.33. The fourth-order valence-electron chi connectivity index (χ4n) is 3.63. The first-order valence-corrected chi connectivity index (χ1v) is 8.10. The zero-order valence-electron chi connectivity index (χ0n) is 13.0. The number of hydrogen-bond donors (Lipinski definition) is 1. The number of carbonyl (C=O) groups excluding carboxylic acids is 1. The molecule has 2 saturated heterocycles. The van der Waals surface area contributed by atoms with Gasteiger partial charge in [-0.15, -0.1) is 0 Å². The second kappa shape index (κ2) is 6.70. The van der Waals surface area contributed by atoms with Crippen molar-refractivity contribution in [2.45, 2.75) is 56.7 Å². The van der Waals surface area contributed by atoms with E-state index in [1.54, 1.807) is 0 Å². The highest BCUT2D eigenvalue weighted by Gasteiger charge is 2.44. The van der Waals surface area contributed by atoms with Gasteiger partial charge in [0.25, 0.3) is 0 Å². The number of benzene rings is 1.